The van der Waals surface area contributed by atoms with Gasteiger partial charge in [0, 0.05) is 30.4 Å². The fourth-order valence-corrected chi connectivity index (χ4v) is 2.57. The number of hydrogen-bond acceptors (Lipinski definition) is 3. The molecule has 2 N–H and O–H groups in total. The predicted molar refractivity (Wildman–Crippen MR) is 84.6 cm³/mol. The summed E-state index contributed by atoms with van der Waals surface area (Å²) in [7, 11) is 3.54. The van der Waals surface area contributed by atoms with Crippen molar-refractivity contribution >= 4 is 17.3 Å². The maximum atomic E-state index is 13.2. The summed E-state index contributed by atoms with van der Waals surface area (Å²) < 4.78 is 18.4. The van der Waals surface area contributed by atoms with Crippen molar-refractivity contribution in [2.24, 2.45) is 5.73 Å². The Hall–Kier alpha value is -1.78. The normalized spacial score (nSPS) is 12.0. The van der Waals surface area contributed by atoms with Gasteiger partial charge in [0.1, 0.15) is 11.6 Å². The highest BCUT2D eigenvalue weighted by Gasteiger charge is 2.19. The molecule has 0 fully saturated rings. The first-order valence-corrected chi connectivity index (χ1v) is 6.96. The van der Waals surface area contributed by atoms with E-state index in [0.29, 0.717) is 11.6 Å². The van der Waals surface area contributed by atoms with Gasteiger partial charge in [0.25, 0.3) is 0 Å². The van der Waals surface area contributed by atoms with Crippen LogP contribution in [-0.4, -0.2) is 20.7 Å². The summed E-state index contributed by atoms with van der Waals surface area (Å²) in [4.78, 5) is 2.00. The van der Waals surface area contributed by atoms with Gasteiger partial charge in [-0.25, -0.2) is 4.39 Å². The van der Waals surface area contributed by atoms with Crippen LogP contribution >= 0.6 is 11.6 Å². The van der Waals surface area contributed by atoms with Gasteiger partial charge in [0.05, 0.1) is 13.2 Å². The summed E-state index contributed by atoms with van der Waals surface area (Å²) >= 11 is 6.15. The molecule has 2 aromatic rings. The monoisotopic (exact) mass is 308 g/mol. The molecular formula is C16H18ClFN2O. The van der Waals surface area contributed by atoms with E-state index in [4.69, 9.17) is 22.1 Å². The minimum Gasteiger partial charge on any atom is -0.497 e. The Morgan fingerprint density at radius 3 is 2.67 bits per heavy atom. The van der Waals surface area contributed by atoms with Gasteiger partial charge in [0.15, 0.2) is 0 Å². The highest BCUT2D eigenvalue weighted by atomic mass is 35.5. The van der Waals surface area contributed by atoms with Crippen LogP contribution in [0.3, 0.4) is 0 Å². The van der Waals surface area contributed by atoms with Crippen LogP contribution in [-0.2, 0) is 0 Å². The zero-order chi connectivity index (χ0) is 15.4. The summed E-state index contributed by atoms with van der Waals surface area (Å²) in [6.45, 7) is 0.360. The molecule has 2 aromatic carbocycles. The van der Waals surface area contributed by atoms with E-state index in [0.717, 1.165) is 17.0 Å². The average molecular weight is 309 g/mol. The van der Waals surface area contributed by atoms with Crippen LogP contribution in [0.4, 0.5) is 10.1 Å². The van der Waals surface area contributed by atoms with Crippen LogP contribution in [0.1, 0.15) is 11.6 Å². The first kappa shape index (κ1) is 15.6. The van der Waals surface area contributed by atoms with Crippen LogP contribution in [0.25, 0.3) is 0 Å². The molecule has 0 aliphatic rings. The number of rotatable bonds is 5. The summed E-state index contributed by atoms with van der Waals surface area (Å²) in [5.74, 6) is 0.406. The Morgan fingerprint density at radius 2 is 2.05 bits per heavy atom. The van der Waals surface area contributed by atoms with Gasteiger partial charge >= 0.3 is 0 Å². The first-order chi connectivity index (χ1) is 10.1. The van der Waals surface area contributed by atoms with Gasteiger partial charge in [-0.15, -0.1) is 0 Å². The Morgan fingerprint density at radius 1 is 1.29 bits per heavy atom. The molecule has 0 bridgehead atoms. The summed E-state index contributed by atoms with van der Waals surface area (Å²) in [5.41, 5.74) is 7.64. The fraction of sp³-hybridized carbons (Fsp3) is 0.250. The number of methoxy groups -OCH3 is 1. The van der Waals surface area contributed by atoms with Crippen LogP contribution in [0, 0.1) is 5.82 Å². The van der Waals surface area contributed by atoms with Gasteiger partial charge in [-0.3, -0.25) is 0 Å². The van der Waals surface area contributed by atoms with E-state index in [-0.39, 0.29) is 11.9 Å². The third-order valence-corrected chi connectivity index (χ3v) is 3.80. The fourth-order valence-electron chi connectivity index (χ4n) is 2.28. The number of likely N-dealkylation sites (N-methyl/N-ethyl adjacent to an activating group) is 1. The lowest BCUT2D eigenvalue weighted by molar-refractivity contribution is 0.414. The molecule has 0 aliphatic heterocycles. The zero-order valence-corrected chi connectivity index (χ0v) is 12.8. The predicted octanol–water partition coefficient (Wildman–Crippen LogP) is 3.62. The standard InChI is InChI=1S/C16H18ClFN2O/c1-20(12-4-3-5-13(9-12)21-2)16(10-19)14-7-6-11(18)8-15(14)17/h3-9,16H,10,19H2,1-2H3. The van der Waals surface area contributed by atoms with Crippen molar-refractivity contribution in [1.82, 2.24) is 0 Å². The molecule has 0 heterocycles. The topological polar surface area (TPSA) is 38.5 Å². The number of nitrogens with two attached hydrogens (primary N) is 1. The molecule has 21 heavy (non-hydrogen) atoms. The molecule has 0 aliphatic carbocycles. The smallest absolute Gasteiger partial charge is 0.124 e. The average Bonchev–Trinajstić information content (AvgIpc) is 2.50. The Labute approximate surface area is 129 Å². The lowest BCUT2D eigenvalue weighted by Crippen LogP contribution is -2.30. The van der Waals surface area contributed by atoms with Crippen molar-refractivity contribution in [2.45, 2.75) is 6.04 Å². The lowest BCUT2D eigenvalue weighted by Gasteiger charge is -2.30. The summed E-state index contributed by atoms with van der Waals surface area (Å²) in [6, 6.07) is 11.9. The van der Waals surface area contributed by atoms with Gasteiger partial charge in [0.2, 0.25) is 0 Å². The number of ether oxygens (including phenoxy) is 1. The van der Waals surface area contributed by atoms with Crippen molar-refractivity contribution in [3.63, 3.8) is 0 Å². The molecule has 0 saturated heterocycles. The molecule has 1 atom stereocenters. The van der Waals surface area contributed by atoms with Crippen LogP contribution in [0.2, 0.25) is 5.02 Å². The third-order valence-electron chi connectivity index (χ3n) is 3.47. The van der Waals surface area contributed by atoms with E-state index >= 15 is 0 Å². The highest BCUT2D eigenvalue weighted by Crippen LogP contribution is 2.31. The second-order valence-corrected chi connectivity index (χ2v) is 5.14. The second kappa shape index (κ2) is 6.78. The Balaban J connectivity index is 2.35. The second-order valence-electron chi connectivity index (χ2n) is 4.73. The van der Waals surface area contributed by atoms with Crippen LogP contribution in [0.15, 0.2) is 42.5 Å². The van der Waals surface area contributed by atoms with Crippen LogP contribution < -0.4 is 15.4 Å². The minimum absolute atomic E-state index is 0.148. The quantitative estimate of drug-likeness (QED) is 0.917. The van der Waals surface area contributed by atoms with Gasteiger partial charge in [-0.2, -0.15) is 0 Å². The van der Waals surface area contributed by atoms with E-state index < -0.39 is 0 Å². The van der Waals surface area contributed by atoms with Crippen LogP contribution in [0.5, 0.6) is 5.75 Å². The van der Waals surface area contributed by atoms with Gasteiger partial charge in [-0.1, -0.05) is 23.7 Å². The third kappa shape index (κ3) is 3.46. The van der Waals surface area contributed by atoms with Crippen molar-refractivity contribution in [3.05, 3.63) is 58.9 Å². The largest absolute Gasteiger partial charge is 0.497 e. The summed E-state index contributed by atoms with van der Waals surface area (Å²) in [5, 5.41) is 0.375. The highest BCUT2D eigenvalue weighted by molar-refractivity contribution is 6.31. The first-order valence-electron chi connectivity index (χ1n) is 6.58. The van der Waals surface area contributed by atoms with E-state index in [1.54, 1.807) is 13.2 Å². The molecule has 0 aromatic heterocycles. The van der Waals surface area contributed by atoms with E-state index in [1.807, 2.05) is 36.2 Å². The van der Waals surface area contributed by atoms with Crippen molar-refractivity contribution in [3.8, 4) is 5.75 Å². The minimum atomic E-state index is -0.358. The number of halogens is 2. The SMILES string of the molecule is COc1cccc(N(C)C(CN)c2ccc(F)cc2Cl)c1. The molecule has 2 rings (SSSR count). The number of benzene rings is 2. The molecular weight excluding hydrogens is 291 g/mol. The van der Waals surface area contributed by atoms with E-state index in [1.165, 1.54) is 12.1 Å². The zero-order valence-electron chi connectivity index (χ0n) is 12.0. The maximum Gasteiger partial charge on any atom is 0.124 e. The van der Waals surface area contributed by atoms with E-state index in [2.05, 4.69) is 0 Å². The lowest BCUT2D eigenvalue weighted by atomic mass is 10.0. The van der Waals surface area contributed by atoms with Crippen molar-refractivity contribution in [1.29, 1.82) is 0 Å². The molecule has 0 spiro atoms. The summed E-state index contributed by atoms with van der Waals surface area (Å²) in [6.07, 6.45) is 0. The molecule has 0 radical (unpaired) electrons. The molecule has 5 heteroatoms. The van der Waals surface area contributed by atoms with E-state index in [9.17, 15) is 4.39 Å². The van der Waals surface area contributed by atoms with Gasteiger partial charge < -0.3 is 15.4 Å². The molecule has 0 saturated carbocycles. The van der Waals surface area contributed by atoms with Crippen molar-refractivity contribution in [2.75, 3.05) is 25.6 Å². The maximum absolute atomic E-state index is 13.2. The molecule has 112 valence electrons. The number of nitrogens with zero attached hydrogens (tertiary/aromatic N) is 1. The molecule has 1 unspecified atom stereocenters. The Bertz CT molecular complexity index is 621. The molecule has 0 amide bonds. The number of anilines is 1. The Kier molecular flexibility index (Phi) is 5.04. The van der Waals surface area contributed by atoms with Crippen molar-refractivity contribution < 1.29 is 9.13 Å². The van der Waals surface area contributed by atoms with Gasteiger partial charge in [-0.05, 0) is 29.8 Å². The number of hydrogen-bond donors (Lipinski definition) is 1. The molecule has 3 nitrogen and oxygen atoms in total.